The Morgan fingerprint density at radius 1 is 1.43 bits per heavy atom. The summed E-state index contributed by atoms with van der Waals surface area (Å²) in [5.74, 6) is 0. The Morgan fingerprint density at radius 3 is 2.29 bits per heavy atom. The van der Waals surface area contributed by atoms with Crippen molar-refractivity contribution in [3.8, 4) is 0 Å². The van der Waals surface area contributed by atoms with Crippen molar-refractivity contribution < 1.29 is 4.39 Å². The standard InChI is InChI=1S/C6H8F/c1-5-2-3-6(7)4-5/h1-4H2. The first kappa shape index (κ1) is 4.82. The van der Waals surface area contributed by atoms with Crippen LogP contribution in [0.25, 0.3) is 0 Å². The highest BCUT2D eigenvalue weighted by Gasteiger charge is 2.16. The molecule has 1 aliphatic carbocycles. The van der Waals surface area contributed by atoms with Gasteiger partial charge >= 0.3 is 0 Å². The number of hydrogen-bond acceptors (Lipinski definition) is 0. The van der Waals surface area contributed by atoms with Gasteiger partial charge in [0, 0.05) is 6.42 Å². The summed E-state index contributed by atoms with van der Waals surface area (Å²) in [6.07, 6.45) is 2.12. The van der Waals surface area contributed by atoms with E-state index in [1.165, 1.54) is 0 Å². The van der Waals surface area contributed by atoms with Crippen molar-refractivity contribution in [2.75, 3.05) is 0 Å². The van der Waals surface area contributed by atoms with Gasteiger partial charge in [0.05, 0.1) is 0 Å². The van der Waals surface area contributed by atoms with Gasteiger partial charge in [0.25, 0.3) is 0 Å². The Hall–Kier alpha value is -0.330. The van der Waals surface area contributed by atoms with E-state index in [2.05, 4.69) is 6.58 Å². The average molecular weight is 99.1 g/mol. The third kappa shape index (κ3) is 1.02. The molecule has 1 heteroatoms. The summed E-state index contributed by atoms with van der Waals surface area (Å²) in [7, 11) is 0. The van der Waals surface area contributed by atoms with Gasteiger partial charge < -0.3 is 0 Å². The molecule has 1 fully saturated rings. The monoisotopic (exact) mass is 99.1 g/mol. The Labute approximate surface area is 43.0 Å². The van der Waals surface area contributed by atoms with Crippen LogP contribution in [0.5, 0.6) is 0 Å². The van der Waals surface area contributed by atoms with Crippen molar-refractivity contribution in [1.82, 2.24) is 0 Å². The summed E-state index contributed by atoms with van der Waals surface area (Å²) in [5, 5.41) is 0. The van der Waals surface area contributed by atoms with Crippen molar-refractivity contribution in [2.24, 2.45) is 0 Å². The fourth-order valence-corrected chi connectivity index (χ4v) is 0.760. The summed E-state index contributed by atoms with van der Waals surface area (Å²) < 4.78 is 12.0. The SMILES string of the molecule is C=C1CC[C](F)C1. The van der Waals surface area contributed by atoms with E-state index in [1.807, 2.05) is 0 Å². The lowest BCUT2D eigenvalue weighted by Crippen LogP contribution is -1.72. The van der Waals surface area contributed by atoms with E-state index in [4.69, 9.17) is 0 Å². The Kier molecular flexibility index (Phi) is 1.13. The Morgan fingerprint density at radius 2 is 2.14 bits per heavy atom. The smallest absolute Gasteiger partial charge is 0.149 e. The number of halogens is 1. The van der Waals surface area contributed by atoms with Crippen LogP contribution in [-0.4, -0.2) is 0 Å². The quantitative estimate of drug-likeness (QED) is 0.408. The zero-order valence-corrected chi connectivity index (χ0v) is 4.21. The molecule has 0 atom stereocenters. The van der Waals surface area contributed by atoms with Crippen LogP contribution in [0, 0.1) is 6.17 Å². The second kappa shape index (κ2) is 1.65. The van der Waals surface area contributed by atoms with Gasteiger partial charge in [-0.15, -0.1) is 0 Å². The molecular weight excluding hydrogens is 91.1 g/mol. The van der Waals surface area contributed by atoms with E-state index in [-0.39, 0.29) is 6.17 Å². The molecule has 0 nitrogen and oxygen atoms in total. The second-order valence-corrected chi connectivity index (χ2v) is 1.94. The summed E-state index contributed by atoms with van der Waals surface area (Å²) in [5.41, 5.74) is 1.04. The van der Waals surface area contributed by atoms with Crippen LogP contribution in [0.1, 0.15) is 19.3 Å². The van der Waals surface area contributed by atoms with Gasteiger partial charge in [0.2, 0.25) is 0 Å². The largest absolute Gasteiger partial charge is 0.240 e. The van der Waals surface area contributed by atoms with Crippen LogP contribution in [0.15, 0.2) is 12.2 Å². The van der Waals surface area contributed by atoms with Crippen LogP contribution >= 0.6 is 0 Å². The second-order valence-electron chi connectivity index (χ2n) is 1.94. The molecule has 0 amide bonds. The predicted molar refractivity (Wildman–Crippen MR) is 27.3 cm³/mol. The van der Waals surface area contributed by atoms with Gasteiger partial charge in [-0.05, 0) is 12.8 Å². The molecule has 0 saturated heterocycles. The lowest BCUT2D eigenvalue weighted by Gasteiger charge is -1.85. The minimum Gasteiger partial charge on any atom is -0.240 e. The maximum atomic E-state index is 12.0. The minimum absolute atomic E-state index is 0.102. The summed E-state index contributed by atoms with van der Waals surface area (Å²) in [4.78, 5) is 0. The van der Waals surface area contributed by atoms with Crippen LogP contribution in [0.4, 0.5) is 4.39 Å². The molecule has 1 aliphatic rings. The molecule has 7 heavy (non-hydrogen) atoms. The van der Waals surface area contributed by atoms with Crippen LogP contribution < -0.4 is 0 Å². The number of allylic oxidation sites excluding steroid dienone is 1. The van der Waals surface area contributed by atoms with Crippen molar-refractivity contribution >= 4 is 0 Å². The minimum atomic E-state index is 0.102. The fourth-order valence-electron chi connectivity index (χ4n) is 0.760. The summed E-state index contributed by atoms with van der Waals surface area (Å²) in [6, 6.07) is 0. The molecule has 0 N–H and O–H groups in total. The molecule has 0 aromatic rings. The van der Waals surface area contributed by atoms with Gasteiger partial charge in [-0.2, -0.15) is 0 Å². The Balaban J connectivity index is 2.40. The third-order valence-corrected chi connectivity index (χ3v) is 1.19. The van der Waals surface area contributed by atoms with Gasteiger partial charge in [-0.3, -0.25) is 0 Å². The molecule has 1 saturated carbocycles. The molecule has 0 unspecified atom stereocenters. The molecule has 1 radical (unpaired) electrons. The maximum absolute atomic E-state index is 12.0. The van der Waals surface area contributed by atoms with Gasteiger partial charge in [-0.25, -0.2) is 4.39 Å². The fraction of sp³-hybridized carbons (Fsp3) is 0.500. The van der Waals surface area contributed by atoms with Crippen molar-refractivity contribution in [3.63, 3.8) is 0 Å². The van der Waals surface area contributed by atoms with E-state index >= 15 is 0 Å². The van der Waals surface area contributed by atoms with Gasteiger partial charge in [0.15, 0.2) is 0 Å². The zero-order chi connectivity index (χ0) is 5.28. The first-order valence-electron chi connectivity index (χ1n) is 2.46. The molecule has 0 aromatic heterocycles. The molecular formula is C6H8F. The molecule has 0 spiro atoms. The van der Waals surface area contributed by atoms with E-state index in [9.17, 15) is 4.39 Å². The highest BCUT2D eigenvalue weighted by atomic mass is 19.1. The van der Waals surface area contributed by atoms with E-state index in [0.29, 0.717) is 12.8 Å². The zero-order valence-electron chi connectivity index (χ0n) is 4.21. The van der Waals surface area contributed by atoms with Crippen LogP contribution in [0.3, 0.4) is 0 Å². The number of rotatable bonds is 0. The molecule has 39 valence electrons. The molecule has 1 rings (SSSR count). The van der Waals surface area contributed by atoms with E-state index in [0.717, 1.165) is 12.0 Å². The molecule has 0 bridgehead atoms. The first-order valence-corrected chi connectivity index (χ1v) is 2.46. The van der Waals surface area contributed by atoms with Crippen LogP contribution in [-0.2, 0) is 0 Å². The molecule has 0 aromatic carbocycles. The summed E-state index contributed by atoms with van der Waals surface area (Å²) in [6.45, 7) is 3.64. The number of hydrogen-bond donors (Lipinski definition) is 0. The van der Waals surface area contributed by atoms with Crippen molar-refractivity contribution in [1.29, 1.82) is 0 Å². The lowest BCUT2D eigenvalue weighted by atomic mass is 10.3. The van der Waals surface area contributed by atoms with E-state index in [1.54, 1.807) is 0 Å². The Bertz CT molecular complexity index is 86.2. The molecule has 0 aliphatic heterocycles. The first-order chi connectivity index (χ1) is 3.29. The normalized spacial score (nSPS) is 23.9. The van der Waals surface area contributed by atoms with Crippen molar-refractivity contribution in [2.45, 2.75) is 19.3 Å². The topological polar surface area (TPSA) is 0 Å². The highest BCUT2D eigenvalue weighted by Crippen LogP contribution is 2.30. The maximum Gasteiger partial charge on any atom is 0.149 e. The van der Waals surface area contributed by atoms with Gasteiger partial charge in [0.1, 0.15) is 6.17 Å². The predicted octanol–water partition coefficient (Wildman–Crippen LogP) is 2.23. The summed E-state index contributed by atoms with van der Waals surface area (Å²) >= 11 is 0. The van der Waals surface area contributed by atoms with Crippen LogP contribution in [0.2, 0.25) is 0 Å². The highest BCUT2D eigenvalue weighted by molar-refractivity contribution is 5.09. The van der Waals surface area contributed by atoms with Gasteiger partial charge in [-0.1, -0.05) is 12.2 Å². The van der Waals surface area contributed by atoms with E-state index < -0.39 is 0 Å². The third-order valence-electron chi connectivity index (χ3n) is 1.19. The average Bonchev–Trinajstić information content (AvgIpc) is 1.87. The molecule has 0 heterocycles. The van der Waals surface area contributed by atoms with Crippen molar-refractivity contribution in [3.05, 3.63) is 18.3 Å². The lowest BCUT2D eigenvalue weighted by molar-refractivity contribution is 0.482.